The molecule has 0 aromatic carbocycles. The standard InChI is InChI=1S/C10H13ClN2O2/c1-3-13(15-2)9(14)7-8-5-4-6-12-10(8)11/h4-6H,3,7H2,1-2H3. The minimum absolute atomic E-state index is 0.130. The zero-order chi connectivity index (χ0) is 11.3. The van der Waals surface area contributed by atoms with E-state index in [4.69, 9.17) is 16.4 Å². The first-order chi connectivity index (χ1) is 7.19. The average Bonchev–Trinajstić information content (AvgIpc) is 2.23. The molecule has 0 aliphatic heterocycles. The molecule has 0 spiro atoms. The van der Waals surface area contributed by atoms with Crippen molar-refractivity contribution >= 4 is 17.5 Å². The van der Waals surface area contributed by atoms with Crippen molar-refractivity contribution in [2.45, 2.75) is 13.3 Å². The van der Waals surface area contributed by atoms with Crippen LogP contribution in [0.25, 0.3) is 0 Å². The Morgan fingerprint density at radius 2 is 2.40 bits per heavy atom. The van der Waals surface area contributed by atoms with Gasteiger partial charge >= 0.3 is 0 Å². The lowest BCUT2D eigenvalue weighted by atomic mass is 10.2. The topological polar surface area (TPSA) is 42.4 Å². The molecular formula is C10H13ClN2O2. The van der Waals surface area contributed by atoms with Crippen LogP contribution in [-0.2, 0) is 16.1 Å². The van der Waals surface area contributed by atoms with Crippen LogP contribution < -0.4 is 0 Å². The van der Waals surface area contributed by atoms with Gasteiger partial charge in [-0.05, 0) is 18.6 Å². The molecule has 0 aliphatic rings. The van der Waals surface area contributed by atoms with Crippen molar-refractivity contribution in [3.63, 3.8) is 0 Å². The number of carbonyl (C=O) groups is 1. The Morgan fingerprint density at radius 1 is 1.67 bits per heavy atom. The smallest absolute Gasteiger partial charge is 0.250 e. The molecule has 1 amide bonds. The third-order valence-electron chi connectivity index (χ3n) is 1.96. The molecule has 15 heavy (non-hydrogen) atoms. The fourth-order valence-electron chi connectivity index (χ4n) is 1.21. The molecule has 1 heterocycles. The number of hydrogen-bond donors (Lipinski definition) is 0. The van der Waals surface area contributed by atoms with Gasteiger partial charge in [-0.15, -0.1) is 0 Å². The van der Waals surface area contributed by atoms with E-state index in [-0.39, 0.29) is 12.3 Å². The van der Waals surface area contributed by atoms with Gasteiger partial charge in [-0.3, -0.25) is 9.63 Å². The molecule has 4 nitrogen and oxygen atoms in total. The first kappa shape index (κ1) is 11.9. The Hall–Kier alpha value is -1.13. The molecule has 82 valence electrons. The average molecular weight is 229 g/mol. The summed E-state index contributed by atoms with van der Waals surface area (Å²) in [6, 6.07) is 3.52. The highest BCUT2D eigenvalue weighted by Crippen LogP contribution is 2.13. The number of amides is 1. The van der Waals surface area contributed by atoms with Crippen molar-refractivity contribution in [3.8, 4) is 0 Å². The van der Waals surface area contributed by atoms with Crippen LogP contribution in [0, 0.1) is 0 Å². The summed E-state index contributed by atoms with van der Waals surface area (Å²) in [4.78, 5) is 20.4. The van der Waals surface area contributed by atoms with Crippen LogP contribution in [0.3, 0.4) is 0 Å². The van der Waals surface area contributed by atoms with Gasteiger partial charge in [0, 0.05) is 12.7 Å². The predicted molar refractivity (Wildman–Crippen MR) is 57.3 cm³/mol. The zero-order valence-corrected chi connectivity index (χ0v) is 9.49. The number of halogens is 1. The molecule has 0 saturated heterocycles. The van der Waals surface area contributed by atoms with E-state index in [1.807, 2.05) is 6.92 Å². The molecule has 0 aliphatic carbocycles. The van der Waals surface area contributed by atoms with E-state index in [9.17, 15) is 4.79 Å². The monoisotopic (exact) mass is 228 g/mol. The number of nitrogens with zero attached hydrogens (tertiary/aromatic N) is 2. The maximum absolute atomic E-state index is 11.6. The molecule has 0 unspecified atom stereocenters. The van der Waals surface area contributed by atoms with Gasteiger partial charge in [0.1, 0.15) is 5.15 Å². The van der Waals surface area contributed by atoms with Gasteiger partial charge in [-0.1, -0.05) is 17.7 Å². The van der Waals surface area contributed by atoms with Crippen molar-refractivity contribution in [1.29, 1.82) is 0 Å². The lowest BCUT2D eigenvalue weighted by Gasteiger charge is -2.17. The molecular weight excluding hydrogens is 216 g/mol. The second kappa shape index (κ2) is 5.68. The van der Waals surface area contributed by atoms with E-state index in [0.29, 0.717) is 17.3 Å². The SMILES string of the molecule is CCN(OC)C(=O)Cc1cccnc1Cl. The third-order valence-corrected chi connectivity index (χ3v) is 2.30. The second-order valence-electron chi connectivity index (χ2n) is 2.90. The van der Waals surface area contributed by atoms with Crippen LogP contribution in [0.2, 0.25) is 5.15 Å². The summed E-state index contributed by atoms with van der Waals surface area (Å²) in [6.07, 6.45) is 1.79. The lowest BCUT2D eigenvalue weighted by molar-refractivity contribution is -0.174. The second-order valence-corrected chi connectivity index (χ2v) is 3.26. The maximum Gasteiger partial charge on any atom is 0.250 e. The van der Waals surface area contributed by atoms with Crippen LogP contribution in [0.4, 0.5) is 0 Å². The van der Waals surface area contributed by atoms with Crippen LogP contribution in [-0.4, -0.2) is 29.6 Å². The van der Waals surface area contributed by atoms with Crippen LogP contribution in [0.1, 0.15) is 12.5 Å². The van der Waals surface area contributed by atoms with Gasteiger partial charge in [0.2, 0.25) is 0 Å². The molecule has 0 fully saturated rings. The fraction of sp³-hybridized carbons (Fsp3) is 0.400. The van der Waals surface area contributed by atoms with Gasteiger partial charge in [0.05, 0.1) is 13.5 Å². The van der Waals surface area contributed by atoms with Crippen LogP contribution in [0.5, 0.6) is 0 Å². The van der Waals surface area contributed by atoms with E-state index in [2.05, 4.69) is 4.98 Å². The summed E-state index contributed by atoms with van der Waals surface area (Å²) in [6.45, 7) is 2.35. The van der Waals surface area contributed by atoms with Gasteiger partial charge in [0.25, 0.3) is 5.91 Å². The predicted octanol–water partition coefficient (Wildman–Crippen LogP) is 1.69. The van der Waals surface area contributed by atoms with E-state index in [0.717, 1.165) is 0 Å². The molecule has 5 heteroatoms. The largest absolute Gasteiger partial charge is 0.274 e. The fourth-order valence-corrected chi connectivity index (χ4v) is 1.40. The highest BCUT2D eigenvalue weighted by molar-refractivity contribution is 6.30. The van der Waals surface area contributed by atoms with Gasteiger partial charge in [0.15, 0.2) is 0 Å². The molecule has 0 bridgehead atoms. The Balaban J connectivity index is 2.70. The third kappa shape index (κ3) is 3.18. The minimum Gasteiger partial charge on any atom is -0.274 e. The molecule has 0 saturated carbocycles. The van der Waals surface area contributed by atoms with Crippen LogP contribution in [0.15, 0.2) is 18.3 Å². The molecule has 0 radical (unpaired) electrons. The van der Waals surface area contributed by atoms with E-state index in [1.165, 1.54) is 12.2 Å². The van der Waals surface area contributed by atoms with Gasteiger partial charge in [-0.2, -0.15) is 0 Å². The molecule has 1 aromatic rings. The lowest BCUT2D eigenvalue weighted by Crippen LogP contribution is -2.31. The maximum atomic E-state index is 11.6. The Kier molecular flexibility index (Phi) is 4.52. The normalized spacial score (nSPS) is 10.1. The summed E-state index contributed by atoms with van der Waals surface area (Å²) in [5.41, 5.74) is 0.708. The summed E-state index contributed by atoms with van der Waals surface area (Å²) in [5.74, 6) is -0.130. The molecule has 0 N–H and O–H groups in total. The van der Waals surface area contributed by atoms with E-state index < -0.39 is 0 Å². The van der Waals surface area contributed by atoms with Crippen molar-refractivity contribution in [2.24, 2.45) is 0 Å². The molecule has 0 atom stereocenters. The van der Waals surface area contributed by atoms with Gasteiger partial charge in [-0.25, -0.2) is 10.0 Å². The number of likely N-dealkylation sites (N-methyl/N-ethyl adjacent to an activating group) is 1. The molecule has 1 aromatic heterocycles. The summed E-state index contributed by atoms with van der Waals surface area (Å²) < 4.78 is 0. The van der Waals surface area contributed by atoms with Crippen molar-refractivity contribution in [2.75, 3.05) is 13.7 Å². The minimum atomic E-state index is -0.130. The zero-order valence-electron chi connectivity index (χ0n) is 8.74. The Bertz CT molecular complexity index is 340. The van der Waals surface area contributed by atoms with Crippen molar-refractivity contribution < 1.29 is 9.63 Å². The number of hydrogen-bond acceptors (Lipinski definition) is 3. The Labute approximate surface area is 93.8 Å². The number of pyridine rings is 1. The number of rotatable bonds is 4. The number of aromatic nitrogens is 1. The van der Waals surface area contributed by atoms with Crippen molar-refractivity contribution in [3.05, 3.63) is 29.0 Å². The highest BCUT2D eigenvalue weighted by atomic mass is 35.5. The Morgan fingerprint density at radius 3 is 2.93 bits per heavy atom. The number of carbonyl (C=O) groups excluding carboxylic acids is 1. The summed E-state index contributed by atoms with van der Waals surface area (Å²) in [5, 5.41) is 1.64. The van der Waals surface area contributed by atoms with E-state index >= 15 is 0 Å². The first-order valence-corrected chi connectivity index (χ1v) is 5.00. The van der Waals surface area contributed by atoms with Crippen molar-refractivity contribution in [1.82, 2.24) is 10.0 Å². The van der Waals surface area contributed by atoms with Crippen LogP contribution >= 0.6 is 11.6 Å². The molecule has 1 rings (SSSR count). The number of hydroxylamine groups is 2. The van der Waals surface area contributed by atoms with E-state index in [1.54, 1.807) is 18.3 Å². The van der Waals surface area contributed by atoms with Gasteiger partial charge < -0.3 is 0 Å². The first-order valence-electron chi connectivity index (χ1n) is 4.63. The quantitative estimate of drug-likeness (QED) is 0.582. The summed E-state index contributed by atoms with van der Waals surface area (Å²) in [7, 11) is 1.46. The summed E-state index contributed by atoms with van der Waals surface area (Å²) >= 11 is 5.84. The highest BCUT2D eigenvalue weighted by Gasteiger charge is 2.13.